The molecule has 0 aliphatic heterocycles. The van der Waals surface area contributed by atoms with E-state index in [1.165, 1.54) is 11.3 Å². The van der Waals surface area contributed by atoms with Gasteiger partial charge in [0.2, 0.25) is 5.91 Å². The molecule has 3 nitrogen and oxygen atoms in total. The molecule has 17 heavy (non-hydrogen) atoms. The number of rotatable bonds is 3. The van der Waals surface area contributed by atoms with E-state index in [-0.39, 0.29) is 5.91 Å². The first-order valence-electron chi connectivity index (χ1n) is 5.03. The molecule has 1 aromatic carbocycles. The third kappa shape index (κ3) is 3.05. The summed E-state index contributed by atoms with van der Waals surface area (Å²) in [4.78, 5) is 12.8. The SMILES string of the molecule is NC(C(=O)Nc1ccccc1I)c1cccs1. The van der Waals surface area contributed by atoms with Gasteiger partial charge in [-0.3, -0.25) is 4.79 Å². The van der Waals surface area contributed by atoms with Crippen LogP contribution in [0.5, 0.6) is 0 Å². The molecule has 1 aromatic heterocycles. The lowest BCUT2D eigenvalue weighted by atomic mass is 10.2. The third-order valence-corrected chi connectivity index (χ3v) is 4.16. The number of hydrogen-bond donors (Lipinski definition) is 2. The van der Waals surface area contributed by atoms with E-state index in [1.54, 1.807) is 0 Å². The number of anilines is 1. The molecular formula is C12H11IN2OS. The van der Waals surface area contributed by atoms with Gasteiger partial charge in [0.1, 0.15) is 6.04 Å². The van der Waals surface area contributed by atoms with Crippen molar-refractivity contribution < 1.29 is 4.79 Å². The molecule has 88 valence electrons. The van der Waals surface area contributed by atoms with Crippen molar-refractivity contribution in [3.8, 4) is 0 Å². The van der Waals surface area contributed by atoms with E-state index < -0.39 is 6.04 Å². The smallest absolute Gasteiger partial charge is 0.246 e. The summed E-state index contributed by atoms with van der Waals surface area (Å²) in [6, 6.07) is 10.8. The van der Waals surface area contributed by atoms with Crippen LogP contribution in [0.15, 0.2) is 41.8 Å². The zero-order valence-electron chi connectivity index (χ0n) is 8.89. The Morgan fingerprint density at radius 2 is 2.06 bits per heavy atom. The van der Waals surface area contributed by atoms with Crippen LogP contribution in [0.25, 0.3) is 0 Å². The maximum Gasteiger partial charge on any atom is 0.246 e. The molecule has 0 bridgehead atoms. The van der Waals surface area contributed by atoms with Crippen molar-refractivity contribution in [2.45, 2.75) is 6.04 Å². The van der Waals surface area contributed by atoms with Gasteiger partial charge < -0.3 is 11.1 Å². The lowest BCUT2D eigenvalue weighted by Crippen LogP contribution is -2.27. The standard InChI is InChI=1S/C12H11IN2OS/c13-8-4-1-2-5-9(8)15-12(16)11(14)10-6-3-7-17-10/h1-7,11H,14H2,(H,15,16). The van der Waals surface area contributed by atoms with Crippen LogP contribution in [-0.4, -0.2) is 5.91 Å². The summed E-state index contributed by atoms with van der Waals surface area (Å²) in [5.41, 5.74) is 6.67. The average Bonchev–Trinajstić information content (AvgIpc) is 2.84. The molecule has 1 unspecified atom stereocenters. The molecule has 0 saturated heterocycles. The van der Waals surface area contributed by atoms with Gasteiger partial charge in [0, 0.05) is 8.45 Å². The number of thiophene rings is 1. The number of amides is 1. The summed E-state index contributed by atoms with van der Waals surface area (Å²) in [5, 5.41) is 4.74. The third-order valence-electron chi connectivity index (χ3n) is 2.26. The van der Waals surface area contributed by atoms with E-state index in [2.05, 4.69) is 27.9 Å². The second-order valence-electron chi connectivity index (χ2n) is 3.46. The van der Waals surface area contributed by atoms with Gasteiger partial charge >= 0.3 is 0 Å². The normalized spacial score (nSPS) is 12.1. The highest BCUT2D eigenvalue weighted by Gasteiger charge is 2.17. The predicted octanol–water partition coefficient (Wildman–Crippen LogP) is 2.99. The second-order valence-corrected chi connectivity index (χ2v) is 5.60. The highest BCUT2D eigenvalue weighted by molar-refractivity contribution is 14.1. The lowest BCUT2D eigenvalue weighted by molar-refractivity contribution is -0.117. The minimum atomic E-state index is -0.606. The number of benzene rings is 1. The maximum atomic E-state index is 11.9. The van der Waals surface area contributed by atoms with Crippen LogP contribution in [0, 0.1) is 3.57 Å². The van der Waals surface area contributed by atoms with Gasteiger partial charge in [0.05, 0.1) is 5.69 Å². The van der Waals surface area contributed by atoms with Gasteiger partial charge in [0.25, 0.3) is 0 Å². The zero-order valence-corrected chi connectivity index (χ0v) is 11.9. The van der Waals surface area contributed by atoms with E-state index in [1.807, 2.05) is 41.8 Å². The van der Waals surface area contributed by atoms with Gasteiger partial charge in [-0.05, 0) is 46.2 Å². The molecule has 0 fully saturated rings. The molecule has 2 aromatic rings. The number of halogens is 1. The first-order chi connectivity index (χ1) is 8.18. The molecule has 0 radical (unpaired) electrons. The molecule has 1 atom stereocenters. The van der Waals surface area contributed by atoms with Crippen molar-refractivity contribution in [3.63, 3.8) is 0 Å². The number of hydrogen-bond acceptors (Lipinski definition) is 3. The van der Waals surface area contributed by atoms with Gasteiger partial charge in [-0.25, -0.2) is 0 Å². The van der Waals surface area contributed by atoms with E-state index in [0.29, 0.717) is 0 Å². The molecular weight excluding hydrogens is 347 g/mol. The summed E-state index contributed by atoms with van der Waals surface area (Å²) < 4.78 is 0.997. The molecule has 1 amide bonds. The van der Waals surface area contributed by atoms with E-state index >= 15 is 0 Å². The van der Waals surface area contributed by atoms with Gasteiger partial charge in [-0.15, -0.1) is 11.3 Å². The fourth-order valence-electron chi connectivity index (χ4n) is 1.37. The molecule has 5 heteroatoms. The van der Waals surface area contributed by atoms with Crippen molar-refractivity contribution in [1.29, 1.82) is 0 Å². The Balaban J connectivity index is 2.10. The zero-order chi connectivity index (χ0) is 12.3. The predicted molar refractivity (Wildman–Crippen MR) is 79.0 cm³/mol. The maximum absolute atomic E-state index is 11.9. The highest BCUT2D eigenvalue weighted by atomic mass is 127. The van der Waals surface area contributed by atoms with Crippen LogP contribution in [0.4, 0.5) is 5.69 Å². The first-order valence-corrected chi connectivity index (χ1v) is 6.98. The van der Waals surface area contributed by atoms with Gasteiger partial charge in [0.15, 0.2) is 0 Å². The highest BCUT2D eigenvalue weighted by Crippen LogP contribution is 2.21. The van der Waals surface area contributed by atoms with Crippen LogP contribution in [0.3, 0.4) is 0 Å². The Kier molecular flexibility index (Phi) is 4.14. The lowest BCUT2D eigenvalue weighted by Gasteiger charge is -2.11. The largest absolute Gasteiger partial charge is 0.323 e. The van der Waals surface area contributed by atoms with Gasteiger partial charge in [-0.1, -0.05) is 18.2 Å². The quantitative estimate of drug-likeness (QED) is 0.829. The Bertz CT molecular complexity index is 513. The van der Waals surface area contributed by atoms with Crippen molar-refractivity contribution in [2.24, 2.45) is 5.73 Å². The number of carbonyl (C=O) groups is 1. The molecule has 0 saturated carbocycles. The van der Waals surface area contributed by atoms with Crippen LogP contribution in [0.1, 0.15) is 10.9 Å². The van der Waals surface area contributed by atoms with Crippen LogP contribution in [0.2, 0.25) is 0 Å². The average molecular weight is 358 g/mol. The van der Waals surface area contributed by atoms with E-state index in [4.69, 9.17) is 5.73 Å². The van der Waals surface area contributed by atoms with Crippen molar-refractivity contribution in [3.05, 3.63) is 50.2 Å². The molecule has 0 aliphatic rings. The van der Waals surface area contributed by atoms with Crippen LogP contribution >= 0.6 is 33.9 Å². The Morgan fingerprint density at radius 3 is 2.71 bits per heavy atom. The fraction of sp³-hybridized carbons (Fsp3) is 0.0833. The minimum absolute atomic E-state index is 0.184. The fourth-order valence-corrected chi connectivity index (χ4v) is 2.62. The summed E-state index contributed by atoms with van der Waals surface area (Å²) in [5.74, 6) is -0.184. The topological polar surface area (TPSA) is 55.1 Å². The van der Waals surface area contributed by atoms with Crippen molar-refractivity contribution >= 4 is 45.5 Å². The van der Waals surface area contributed by atoms with Crippen LogP contribution in [-0.2, 0) is 4.79 Å². The summed E-state index contributed by atoms with van der Waals surface area (Å²) in [6.07, 6.45) is 0. The Labute approximate surface area is 117 Å². The monoisotopic (exact) mass is 358 g/mol. The first kappa shape index (κ1) is 12.5. The van der Waals surface area contributed by atoms with Crippen molar-refractivity contribution in [1.82, 2.24) is 0 Å². The molecule has 2 rings (SSSR count). The molecule has 0 aliphatic carbocycles. The summed E-state index contributed by atoms with van der Waals surface area (Å²) in [6.45, 7) is 0. The molecule has 0 spiro atoms. The van der Waals surface area contributed by atoms with E-state index in [0.717, 1.165) is 14.1 Å². The number of para-hydroxylation sites is 1. The van der Waals surface area contributed by atoms with Crippen molar-refractivity contribution in [2.75, 3.05) is 5.32 Å². The Hall–Kier alpha value is -0.920. The number of nitrogens with one attached hydrogen (secondary N) is 1. The number of carbonyl (C=O) groups excluding carboxylic acids is 1. The van der Waals surface area contributed by atoms with Crippen LogP contribution < -0.4 is 11.1 Å². The summed E-state index contributed by atoms with van der Waals surface area (Å²) >= 11 is 3.66. The number of nitrogens with two attached hydrogens (primary N) is 1. The molecule has 1 heterocycles. The minimum Gasteiger partial charge on any atom is -0.323 e. The summed E-state index contributed by atoms with van der Waals surface area (Å²) in [7, 11) is 0. The Morgan fingerprint density at radius 1 is 1.29 bits per heavy atom. The molecule has 3 N–H and O–H groups in total. The second kappa shape index (κ2) is 5.61. The van der Waals surface area contributed by atoms with Gasteiger partial charge in [-0.2, -0.15) is 0 Å². The van der Waals surface area contributed by atoms with E-state index in [9.17, 15) is 4.79 Å².